The van der Waals surface area contributed by atoms with Crippen molar-refractivity contribution < 1.29 is 34.2 Å². The first-order valence-corrected chi connectivity index (χ1v) is 17.8. The average molecular weight is 690 g/mol. The van der Waals surface area contributed by atoms with Gasteiger partial charge in [-0.3, -0.25) is 24.6 Å². The van der Waals surface area contributed by atoms with Crippen LogP contribution in [0.2, 0.25) is 0 Å². The Bertz CT molecular complexity index is 1540. The normalized spacial score (nSPS) is 20.4. The van der Waals surface area contributed by atoms with Gasteiger partial charge in [0.1, 0.15) is 13.6 Å². The van der Waals surface area contributed by atoms with Crippen molar-refractivity contribution in [1.29, 1.82) is 0 Å². The van der Waals surface area contributed by atoms with Gasteiger partial charge in [-0.2, -0.15) is 0 Å². The number of phenols is 1. The predicted molar refractivity (Wildman–Crippen MR) is 188 cm³/mol. The molecular formula is C35H48BN7O7. The minimum Gasteiger partial charge on any atom is -0.509 e. The van der Waals surface area contributed by atoms with E-state index in [1.54, 1.807) is 35.3 Å². The Morgan fingerprint density at radius 2 is 1.58 bits per heavy atom. The van der Waals surface area contributed by atoms with E-state index in [2.05, 4.69) is 10.2 Å². The number of nitrogens with zero attached hydrogens (tertiary/aromatic N) is 5. The highest BCUT2D eigenvalue weighted by Gasteiger charge is 2.36. The monoisotopic (exact) mass is 689 g/mol. The molecule has 3 saturated heterocycles. The number of nitrogens with one attached hydrogen (secondary N) is 2. The number of piperidine rings is 2. The van der Waals surface area contributed by atoms with E-state index in [-0.39, 0.29) is 36.7 Å². The SMILES string of the molecule is Bc1cc(C[C@@H](OC(=O)N2CCC(N3CCc4ccccc4NC3=O)CC2)C(=O)N2CCC(N3CCN(CC(=O)NO)CC3)CC2)ccc1O. The van der Waals surface area contributed by atoms with Gasteiger partial charge in [-0.25, -0.2) is 15.1 Å². The van der Waals surface area contributed by atoms with Gasteiger partial charge in [0, 0.05) is 83.1 Å². The van der Waals surface area contributed by atoms with Crippen molar-refractivity contribution in [1.82, 2.24) is 30.0 Å². The summed E-state index contributed by atoms with van der Waals surface area (Å²) in [6.07, 6.45) is 2.23. The van der Waals surface area contributed by atoms with Crippen LogP contribution in [0.15, 0.2) is 42.5 Å². The topological polar surface area (TPSA) is 158 Å². The number of piperazine rings is 1. The Kier molecular flexibility index (Phi) is 11.4. The van der Waals surface area contributed by atoms with E-state index in [4.69, 9.17) is 9.94 Å². The fourth-order valence-electron chi connectivity index (χ4n) is 7.71. The zero-order chi connectivity index (χ0) is 35.2. The summed E-state index contributed by atoms with van der Waals surface area (Å²) in [6, 6.07) is 13.2. The van der Waals surface area contributed by atoms with Crippen molar-refractivity contribution in [3.8, 4) is 5.75 Å². The largest absolute Gasteiger partial charge is 0.509 e. The summed E-state index contributed by atoms with van der Waals surface area (Å²) in [4.78, 5) is 61.9. The smallest absolute Gasteiger partial charge is 0.410 e. The molecule has 0 saturated carbocycles. The molecule has 0 spiro atoms. The molecule has 1 atom stereocenters. The van der Waals surface area contributed by atoms with Crippen molar-refractivity contribution in [2.75, 3.05) is 70.8 Å². The van der Waals surface area contributed by atoms with E-state index in [9.17, 15) is 24.3 Å². The lowest BCUT2D eigenvalue weighted by molar-refractivity contribution is -0.142. The number of anilines is 1. The maximum atomic E-state index is 14.0. The van der Waals surface area contributed by atoms with Gasteiger partial charge in [0.15, 0.2) is 6.10 Å². The maximum Gasteiger partial charge on any atom is 0.410 e. The number of rotatable bonds is 8. The molecule has 4 aliphatic heterocycles. The molecule has 0 radical (unpaired) electrons. The van der Waals surface area contributed by atoms with Crippen LogP contribution >= 0.6 is 0 Å². The van der Waals surface area contributed by atoms with Gasteiger partial charge in [0.05, 0.1) is 6.54 Å². The summed E-state index contributed by atoms with van der Waals surface area (Å²) in [5.41, 5.74) is 5.12. The second kappa shape index (κ2) is 16.1. The number of para-hydroxylation sites is 1. The van der Waals surface area contributed by atoms with E-state index in [1.165, 1.54) is 0 Å². The Balaban J connectivity index is 1.04. The summed E-state index contributed by atoms with van der Waals surface area (Å²) in [5, 5.41) is 21.9. The fraction of sp³-hybridized carbons (Fsp3) is 0.543. The number of likely N-dealkylation sites (tertiary alicyclic amines) is 2. The molecule has 0 unspecified atom stereocenters. The van der Waals surface area contributed by atoms with Crippen LogP contribution in [0.5, 0.6) is 5.75 Å². The summed E-state index contributed by atoms with van der Waals surface area (Å²) in [6.45, 7) is 5.79. The highest BCUT2D eigenvalue weighted by molar-refractivity contribution is 6.34. The van der Waals surface area contributed by atoms with E-state index >= 15 is 0 Å². The molecule has 14 nitrogen and oxygen atoms in total. The van der Waals surface area contributed by atoms with Gasteiger partial charge < -0.3 is 29.9 Å². The number of amides is 5. The third kappa shape index (κ3) is 8.51. The van der Waals surface area contributed by atoms with Crippen LogP contribution in [0.4, 0.5) is 15.3 Å². The van der Waals surface area contributed by atoms with Crippen LogP contribution in [0.1, 0.15) is 36.8 Å². The van der Waals surface area contributed by atoms with Gasteiger partial charge in [0.25, 0.3) is 11.8 Å². The van der Waals surface area contributed by atoms with E-state index < -0.39 is 18.1 Å². The second-order valence-electron chi connectivity index (χ2n) is 13.8. The molecule has 3 fully saturated rings. The molecule has 2 aromatic rings. The number of hydroxylamine groups is 1. The fourth-order valence-corrected chi connectivity index (χ4v) is 7.71. The highest BCUT2D eigenvalue weighted by Crippen LogP contribution is 2.26. The third-order valence-corrected chi connectivity index (χ3v) is 10.7. The van der Waals surface area contributed by atoms with E-state index in [0.29, 0.717) is 57.1 Å². The van der Waals surface area contributed by atoms with Gasteiger partial charge in [-0.15, -0.1) is 0 Å². The zero-order valence-corrected chi connectivity index (χ0v) is 28.8. The molecule has 0 bridgehead atoms. The summed E-state index contributed by atoms with van der Waals surface area (Å²) in [7, 11) is 1.79. The quantitative estimate of drug-likeness (QED) is 0.175. The Labute approximate surface area is 293 Å². The second-order valence-corrected chi connectivity index (χ2v) is 13.8. The number of benzene rings is 2. The van der Waals surface area contributed by atoms with Crippen LogP contribution in [0.25, 0.3) is 0 Å². The first-order valence-electron chi connectivity index (χ1n) is 17.8. The molecule has 2 aromatic carbocycles. The van der Waals surface area contributed by atoms with Gasteiger partial charge in [0.2, 0.25) is 0 Å². The van der Waals surface area contributed by atoms with E-state index in [0.717, 1.165) is 62.3 Å². The van der Waals surface area contributed by atoms with Crippen LogP contribution in [0, 0.1) is 0 Å². The number of hydrogen-bond acceptors (Lipinski definition) is 9. The number of fused-ring (bicyclic) bond motifs is 1. The first kappa shape index (κ1) is 35.5. The Morgan fingerprint density at radius 3 is 2.28 bits per heavy atom. The number of urea groups is 1. The summed E-state index contributed by atoms with van der Waals surface area (Å²) in [5.74, 6) is -0.475. The summed E-state index contributed by atoms with van der Waals surface area (Å²) >= 11 is 0. The number of carbonyl (C=O) groups is 4. The lowest BCUT2D eigenvalue weighted by atomic mass is 9.91. The number of ether oxygens (including phenoxy) is 1. The molecule has 5 amide bonds. The summed E-state index contributed by atoms with van der Waals surface area (Å²) < 4.78 is 6.01. The number of hydrogen-bond donors (Lipinski definition) is 4. The lowest BCUT2D eigenvalue weighted by Gasteiger charge is -2.43. The molecule has 6 rings (SSSR count). The molecule has 0 aromatic heterocycles. The van der Waals surface area contributed by atoms with Crippen LogP contribution in [-0.2, 0) is 27.2 Å². The van der Waals surface area contributed by atoms with Crippen LogP contribution in [-0.4, -0.2) is 150 Å². The minimum absolute atomic E-state index is 0.00456. The molecule has 268 valence electrons. The number of aromatic hydroxyl groups is 1. The molecule has 4 heterocycles. The van der Waals surface area contributed by atoms with Gasteiger partial charge in [-0.1, -0.05) is 30.3 Å². The molecule has 4 N–H and O–H groups in total. The Morgan fingerprint density at radius 1 is 0.900 bits per heavy atom. The average Bonchev–Trinajstić information content (AvgIpc) is 3.31. The van der Waals surface area contributed by atoms with Crippen LogP contribution < -0.4 is 16.3 Å². The van der Waals surface area contributed by atoms with Crippen LogP contribution in [0.3, 0.4) is 0 Å². The van der Waals surface area contributed by atoms with Crippen molar-refractivity contribution in [3.63, 3.8) is 0 Å². The molecular weight excluding hydrogens is 641 g/mol. The van der Waals surface area contributed by atoms with Crippen molar-refractivity contribution in [2.45, 2.75) is 56.7 Å². The molecule has 50 heavy (non-hydrogen) atoms. The Hall–Kier alpha value is -4.34. The molecule has 4 aliphatic rings. The maximum absolute atomic E-state index is 14.0. The van der Waals surface area contributed by atoms with Crippen molar-refractivity contribution in [2.24, 2.45) is 0 Å². The molecule has 0 aliphatic carbocycles. The van der Waals surface area contributed by atoms with E-state index in [1.807, 2.05) is 40.1 Å². The van der Waals surface area contributed by atoms with Gasteiger partial charge in [-0.05, 0) is 60.8 Å². The molecule has 15 heteroatoms. The standard InChI is InChI=1S/C35H48BN7O7/c36-28-21-24(5-6-30(28)44)22-31(33(46)41-12-8-26(9-13-41)40-19-17-39(18-20-40)23-32(45)38-49)50-35(48)42-14-10-27(11-15-42)43-16-7-25-3-1-2-4-29(25)37-34(43)47/h1-6,21,26-27,31,44,49H,7-20,22-23,36H2,(H,37,47)(H,38,45)/t31-/m1/s1. The van der Waals surface area contributed by atoms with Crippen molar-refractivity contribution >= 4 is 42.9 Å². The number of carbonyl (C=O) groups excluding carboxylic acids is 4. The predicted octanol–water partition coefficient (Wildman–Crippen LogP) is 0.367. The zero-order valence-electron chi connectivity index (χ0n) is 28.8. The first-order chi connectivity index (χ1) is 24.2. The number of phenolic OH excluding ortho intramolecular Hbond substituents is 1. The third-order valence-electron chi connectivity index (χ3n) is 10.7. The van der Waals surface area contributed by atoms with Gasteiger partial charge >= 0.3 is 12.1 Å². The highest BCUT2D eigenvalue weighted by atomic mass is 16.6. The minimum atomic E-state index is -1.02. The lowest BCUT2D eigenvalue weighted by Crippen LogP contribution is -2.56. The van der Waals surface area contributed by atoms with Crippen molar-refractivity contribution in [3.05, 3.63) is 53.6 Å².